The Bertz CT molecular complexity index is 2050. The molecule has 1 aliphatic carbocycles. The molecule has 4 heterocycles. The van der Waals surface area contributed by atoms with Crippen molar-refractivity contribution in [2.75, 3.05) is 45.2 Å². The third kappa shape index (κ3) is 5.65. The predicted molar refractivity (Wildman–Crippen MR) is 172 cm³/mol. The molecule has 1 saturated heterocycles. The lowest BCUT2D eigenvalue weighted by Crippen LogP contribution is -2.38. The number of ether oxygens (including phenoxy) is 2. The van der Waals surface area contributed by atoms with E-state index in [1.54, 1.807) is 9.25 Å². The summed E-state index contributed by atoms with van der Waals surface area (Å²) in [5.74, 6) is -0.565. The number of ketones is 1. The highest BCUT2D eigenvalue weighted by atomic mass is 19.1. The normalized spacial score (nSPS) is 17.5. The van der Waals surface area contributed by atoms with Gasteiger partial charge in [-0.15, -0.1) is 0 Å². The lowest BCUT2D eigenvalue weighted by molar-refractivity contribution is -0.119. The highest BCUT2D eigenvalue weighted by Crippen LogP contribution is 2.35. The second kappa shape index (κ2) is 12.5. The van der Waals surface area contributed by atoms with Crippen LogP contribution in [0.3, 0.4) is 0 Å². The molecule has 1 fully saturated rings. The molecule has 0 radical (unpaired) electrons. The molecule has 1 atom stereocenters. The van der Waals surface area contributed by atoms with E-state index in [0.717, 1.165) is 30.6 Å². The van der Waals surface area contributed by atoms with Gasteiger partial charge in [-0.25, -0.2) is 19.0 Å². The molecule has 2 aliphatic rings. The molecule has 5 aromatic rings. The number of carbonyl (C=O) groups is 1. The number of fused-ring (bicyclic) bond motifs is 2. The maximum absolute atomic E-state index is 14.4. The summed E-state index contributed by atoms with van der Waals surface area (Å²) >= 11 is 0. The first kappa shape index (κ1) is 29.8. The number of allylic oxidation sites excluding steroid dienone is 2. The molecular weight excluding hydrogens is 589 g/mol. The number of hydrogen-bond acceptors (Lipinski definition) is 9. The van der Waals surface area contributed by atoms with E-state index in [4.69, 9.17) is 20.3 Å². The first-order valence-corrected chi connectivity index (χ1v) is 15.4. The van der Waals surface area contributed by atoms with E-state index in [9.17, 15) is 14.0 Å². The van der Waals surface area contributed by atoms with Crippen molar-refractivity contribution < 1.29 is 18.7 Å². The lowest BCUT2D eigenvalue weighted by Gasteiger charge is -2.26. The molecule has 12 heteroatoms. The van der Waals surface area contributed by atoms with E-state index in [2.05, 4.69) is 14.9 Å². The van der Waals surface area contributed by atoms with Crippen LogP contribution in [-0.4, -0.2) is 74.5 Å². The first-order valence-electron chi connectivity index (χ1n) is 15.4. The minimum Gasteiger partial charge on any atom is -0.490 e. The molecule has 0 saturated carbocycles. The Kier molecular flexibility index (Phi) is 8.05. The first-order chi connectivity index (χ1) is 22.4. The van der Waals surface area contributed by atoms with Crippen molar-refractivity contribution in [1.29, 1.82) is 0 Å². The molecule has 1 aliphatic heterocycles. The third-order valence-electron chi connectivity index (χ3n) is 8.65. The van der Waals surface area contributed by atoms with E-state index in [0.29, 0.717) is 59.1 Å². The van der Waals surface area contributed by atoms with Crippen molar-refractivity contribution in [3.63, 3.8) is 0 Å². The molecule has 3 aromatic heterocycles. The average molecular weight is 624 g/mol. The molecule has 0 bridgehead atoms. The molecule has 0 amide bonds. The van der Waals surface area contributed by atoms with E-state index in [1.807, 2.05) is 55.5 Å². The van der Waals surface area contributed by atoms with E-state index >= 15 is 0 Å². The summed E-state index contributed by atoms with van der Waals surface area (Å²) in [5, 5.41) is 6.69. The van der Waals surface area contributed by atoms with Gasteiger partial charge in [0.05, 0.1) is 48.3 Å². The smallest absolute Gasteiger partial charge is 0.263 e. The summed E-state index contributed by atoms with van der Waals surface area (Å²) in [7, 11) is 0. The van der Waals surface area contributed by atoms with Crippen LogP contribution in [0.5, 0.6) is 5.75 Å². The van der Waals surface area contributed by atoms with Crippen molar-refractivity contribution >= 4 is 33.4 Å². The van der Waals surface area contributed by atoms with Gasteiger partial charge >= 0.3 is 0 Å². The molecule has 1 unspecified atom stereocenters. The summed E-state index contributed by atoms with van der Waals surface area (Å²) in [6.45, 7) is 6.33. The number of nitrogen functional groups attached to an aromatic ring is 1. The largest absolute Gasteiger partial charge is 0.490 e. The number of aryl methyl sites for hydroxylation is 1. The van der Waals surface area contributed by atoms with Crippen LogP contribution >= 0.6 is 0 Å². The summed E-state index contributed by atoms with van der Waals surface area (Å²) in [5.41, 5.74) is 9.05. The number of nitrogens with zero attached hydrogens (tertiary/aromatic N) is 6. The fraction of sp³-hybridized carbons (Fsp3) is 0.324. The molecule has 11 nitrogen and oxygen atoms in total. The van der Waals surface area contributed by atoms with Gasteiger partial charge in [0, 0.05) is 37.7 Å². The SMILES string of the molecule is Cc1cccc2cc(Cn3nc(C4C=C(F)CC(=O)C4)c4c(N)ncnc43)n(-c3ccccc3OCCN3CCOCC3)c(=O)c12. The fourth-order valence-corrected chi connectivity index (χ4v) is 6.44. The van der Waals surface area contributed by atoms with Crippen LogP contribution in [0.15, 0.2) is 71.6 Å². The zero-order valence-corrected chi connectivity index (χ0v) is 25.5. The Morgan fingerprint density at radius 3 is 2.72 bits per heavy atom. The van der Waals surface area contributed by atoms with Crippen LogP contribution in [0.4, 0.5) is 10.2 Å². The van der Waals surface area contributed by atoms with Gasteiger partial charge in [-0.05, 0) is 42.1 Å². The number of nitrogens with two attached hydrogens (primary N) is 1. The Morgan fingerprint density at radius 1 is 1.07 bits per heavy atom. The maximum Gasteiger partial charge on any atom is 0.263 e. The van der Waals surface area contributed by atoms with Crippen molar-refractivity contribution in [2.24, 2.45) is 0 Å². The van der Waals surface area contributed by atoms with Crippen LogP contribution in [0.25, 0.3) is 27.5 Å². The zero-order valence-electron chi connectivity index (χ0n) is 25.5. The van der Waals surface area contributed by atoms with Gasteiger partial charge in [0.15, 0.2) is 5.65 Å². The van der Waals surface area contributed by atoms with Crippen molar-refractivity contribution in [1.82, 2.24) is 29.2 Å². The molecule has 2 N–H and O–H groups in total. The Morgan fingerprint density at radius 2 is 1.89 bits per heavy atom. The van der Waals surface area contributed by atoms with E-state index in [-0.39, 0.29) is 36.5 Å². The maximum atomic E-state index is 14.4. The van der Waals surface area contributed by atoms with Crippen molar-refractivity contribution in [3.05, 3.63) is 94.1 Å². The Balaban J connectivity index is 1.34. The summed E-state index contributed by atoms with van der Waals surface area (Å²) in [4.78, 5) is 37.7. The number of morpholine rings is 1. The average Bonchev–Trinajstić information content (AvgIpc) is 3.41. The highest BCUT2D eigenvalue weighted by Gasteiger charge is 2.28. The highest BCUT2D eigenvalue weighted by molar-refractivity contribution is 5.91. The van der Waals surface area contributed by atoms with Gasteiger partial charge in [-0.1, -0.05) is 30.3 Å². The van der Waals surface area contributed by atoms with E-state index in [1.165, 1.54) is 12.4 Å². The second-order valence-corrected chi connectivity index (χ2v) is 11.7. The quantitative estimate of drug-likeness (QED) is 0.272. The second-order valence-electron chi connectivity index (χ2n) is 11.7. The number of aromatic nitrogens is 5. The summed E-state index contributed by atoms with van der Waals surface area (Å²) in [6.07, 6.45) is 2.64. The number of rotatable bonds is 8. The number of halogens is 1. The number of pyridine rings is 1. The van der Waals surface area contributed by atoms with Gasteiger partial charge in [0.25, 0.3) is 5.56 Å². The molecule has 7 rings (SSSR count). The van der Waals surface area contributed by atoms with Gasteiger partial charge in [0.1, 0.15) is 36.1 Å². The number of anilines is 1. The molecule has 0 spiro atoms. The van der Waals surface area contributed by atoms with Crippen molar-refractivity contribution in [3.8, 4) is 11.4 Å². The van der Waals surface area contributed by atoms with Crippen LogP contribution in [0.2, 0.25) is 0 Å². The monoisotopic (exact) mass is 623 g/mol. The number of Topliss-reactive ketones (excluding diaryl/α,β-unsaturated/α-hetero) is 1. The van der Waals surface area contributed by atoms with Gasteiger partial charge in [-0.2, -0.15) is 5.10 Å². The molecule has 46 heavy (non-hydrogen) atoms. The van der Waals surface area contributed by atoms with Crippen LogP contribution in [-0.2, 0) is 16.1 Å². The van der Waals surface area contributed by atoms with Gasteiger partial charge < -0.3 is 15.2 Å². The van der Waals surface area contributed by atoms with Crippen LogP contribution in [0.1, 0.15) is 35.7 Å². The zero-order chi connectivity index (χ0) is 31.8. The van der Waals surface area contributed by atoms with Gasteiger partial charge in [-0.3, -0.25) is 19.1 Å². The molecular formula is C34H34FN7O4. The number of carbonyl (C=O) groups excluding carboxylic acids is 1. The number of benzene rings is 2. The minimum atomic E-state index is -0.611. The summed E-state index contributed by atoms with van der Waals surface area (Å²) in [6, 6.07) is 15.2. The lowest BCUT2D eigenvalue weighted by atomic mass is 9.90. The van der Waals surface area contributed by atoms with E-state index < -0.39 is 11.7 Å². The minimum absolute atomic E-state index is 0.100. The van der Waals surface area contributed by atoms with Crippen molar-refractivity contribution in [2.45, 2.75) is 32.2 Å². The summed E-state index contributed by atoms with van der Waals surface area (Å²) < 4.78 is 29.5. The standard InChI is InChI=1S/C34H34FN7O4/c1-21-5-4-6-22-16-25(19-41-33-30(32(36)37-20-38-33)31(39-41)23-15-24(35)18-26(43)17-23)42(34(44)29(21)22)27-7-2-3-8-28(27)46-14-11-40-9-12-45-13-10-40/h2-8,15-16,20,23H,9-14,17-19H2,1H3,(H2,36,37,38). The number of hydrogen-bond donors (Lipinski definition) is 1. The molecule has 2 aromatic carbocycles. The Hall–Kier alpha value is -4.94. The third-order valence-corrected chi connectivity index (χ3v) is 8.65. The van der Waals surface area contributed by atoms with Gasteiger partial charge in [0.2, 0.25) is 0 Å². The fourth-order valence-electron chi connectivity index (χ4n) is 6.44. The van der Waals surface area contributed by atoms with Crippen LogP contribution < -0.4 is 16.0 Å². The van der Waals surface area contributed by atoms with Crippen LogP contribution in [0, 0.1) is 6.92 Å². The Labute approximate surface area is 264 Å². The number of para-hydroxylation sites is 2. The topological polar surface area (TPSA) is 130 Å². The predicted octanol–water partition coefficient (Wildman–Crippen LogP) is 4.08. The molecule has 236 valence electrons.